The number of rotatable bonds is 6. The average molecular weight is 399 g/mol. The molecule has 0 fully saturated rings. The molecule has 1 aliphatic heterocycles. The van der Waals surface area contributed by atoms with Crippen LogP contribution >= 0.6 is 11.3 Å². The minimum absolute atomic E-state index is 0.0390. The number of carbonyl (C=O) groups excluding carboxylic acids is 1. The lowest BCUT2D eigenvalue weighted by atomic mass is 10.2. The van der Waals surface area contributed by atoms with Gasteiger partial charge in [0.1, 0.15) is 23.0 Å². The SMILES string of the molecule is COCCOc1ccc(NC(=O)c2sc3nc4n(c(=O)c3c2C)CCC4)cc1. The van der Waals surface area contributed by atoms with Crippen molar-refractivity contribution in [3.8, 4) is 5.75 Å². The Hall–Kier alpha value is -2.71. The molecule has 3 heterocycles. The minimum atomic E-state index is -0.238. The van der Waals surface area contributed by atoms with Crippen molar-refractivity contribution in [2.45, 2.75) is 26.3 Å². The van der Waals surface area contributed by atoms with E-state index in [1.165, 1.54) is 11.3 Å². The van der Waals surface area contributed by atoms with Gasteiger partial charge in [-0.3, -0.25) is 14.2 Å². The predicted octanol–water partition coefficient (Wildman–Crippen LogP) is 2.99. The molecule has 3 aromatic rings. The summed E-state index contributed by atoms with van der Waals surface area (Å²) < 4.78 is 12.2. The zero-order valence-corrected chi connectivity index (χ0v) is 16.6. The van der Waals surface area contributed by atoms with Crippen LogP contribution in [0.4, 0.5) is 5.69 Å². The van der Waals surface area contributed by atoms with E-state index in [2.05, 4.69) is 10.3 Å². The van der Waals surface area contributed by atoms with Crippen molar-refractivity contribution in [2.24, 2.45) is 0 Å². The van der Waals surface area contributed by atoms with Gasteiger partial charge in [0.05, 0.1) is 16.9 Å². The van der Waals surface area contributed by atoms with Gasteiger partial charge in [0.25, 0.3) is 11.5 Å². The summed E-state index contributed by atoms with van der Waals surface area (Å²) in [5.41, 5.74) is 1.31. The highest BCUT2D eigenvalue weighted by Crippen LogP contribution is 2.29. The number of benzene rings is 1. The van der Waals surface area contributed by atoms with Gasteiger partial charge in [-0.15, -0.1) is 11.3 Å². The van der Waals surface area contributed by atoms with E-state index < -0.39 is 0 Å². The zero-order valence-electron chi connectivity index (χ0n) is 15.8. The van der Waals surface area contributed by atoms with Gasteiger partial charge < -0.3 is 14.8 Å². The normalized spacial score (nSPS) is 12.9. The van der Waals surface area contributed by atoms with Crippen LogP contribution in [0, 0.1) is 6.92 Å². The molecule has 0 saturated carbocycles. The molecule has 7 nitrogen and oxygen atoms in total. The Kier molecular flexibility index (Phi) is 5.15. The number of nitrogens with zero attached hydrogens (tertiary/aromatic N) is 2. The molecule has 146 valence electrons. The van der Waals surface area contributed by atoms with Gasteiger partial charge in [-0.2, -0.15) is 0 Å². The first-order chi connectivity index (χ1) is 13.6. The maximum atomic E-state index is 12.8. The molecule has 0 bridgehead atoms. The van der Waals surface area contributed by atoms with E-state index >= 15 is 0 Å². The molecule has 28 heavy (non-hydrogen) atoms. The number of methoxy groups -OCH3 is 1. The van der Waals surface area contributed by atoms with Crippen LogP contribution in [-0.2, 0) is 17.7 Å². The van der Waals surface area contributed by atoms with Gasteiger partial charge in [-0.05, 0) is 43.2 Å². The average Bonchev–Trinajstić information content (AvgIpc) is 3.28. The number of hydrogen-bond acceptors (Lipinski definition) is 6. The van der Waals surface area contributed by atoms with Crippen molar-refractivity contribution in [3.63, 3.8) is 0 Å². The minimum Gasteiger partial charge on any atom is -0.491 e. The number of anilines is 1. The number of ether oxygens (including phenoxy) is 2. The third kappa shape index (κ3) is 3.41. The second kappa shape index (κ2) is 7.73. The molecule has 0 spiro atoms. The lowest BCUT2D eigenvalue weighted by molar-refractivity contribution is 0.103. The van der Waals surface area contributed by atoms with Crippen LogP contribution in [0.1, 0.15) is 27.5 Å². The van der Waals surface area contributed by atoms with Gasteiger partial charge in [0, 0.05) is 25.8 Å². The number of hydrogen-bond donors (Lipinski definition) is 1. The standard InChI is InChI=1S/C20H21N3O4S/c1-12-16-19(22-15-4-3-9-23(15)20(16)25)28-17(12)18(24)21-13-5-7-14(8-6-13)27-11-10-26-2/h5-8H,3-4,9-11H2,1-2H3,(H,21,24). The third-order valence-corrected chi connectivity index (χ3v) is 5.97. The van der Waals surface area contributed by atoms with E-state index in [0.717, 1.165) is 18.7 Å². The Labute approximate surface area is 165 Å². The molecule has 8 heteroatoms. The Balaban J connectivity index is 1.55. The summed E-state index contributed by atoms with van der Waals surface area (Å²) in [6.45, 7) is 3.50. The van der Waals surface area contributed by atoms with Gasteiger partial charge in [0.2, 0.25) is 0 Å². The molecule has 1 aliphatic rings. The summed E-state index contributed by atoms with van der Waals surface area (Å²) >= 11 is 1.27. The van der Waals surface area contributed by atoms with Gasteiger partial charge in [0.15, 0.2) is 0 Å². The van der Waals surface area contributed by atoms with E-state index in [1.54, 1.807) is 35.9 Å². The number of fused-ring (bicyclic) bond motifs is 2. The summed E-state index contributed by atoms with van der Waals surface area (Å²) in [5.74, 6) is 1.28. The van der Waals surface area contributed by atoms with Gasteiger partial charge >= 0.3 is 0 Å². The first-order valence-corrected chi connectivity index (χ1v) is 9.96. The van der Waals surface area contributed by atoms with Crippen molar-refractivity contribution >= 4 is 33.1 Å². The number of nitrogens with one attached hydrogen (secondary N) is 1. The van der Waals surface area contributed by atoms with Crippen LogP contribution in [-0.4, -0.2) is 35.8 Å². The van der Waals surface area contributed by atoms with E-state index in [4.69, 9.17) is 9.47 Å². The highest BCUT2D eigenvalue weighted by Gasteiger charge is 2.23. The molecule has 0 unspecified atom stereocenters. The molecule has 0 aliphatic carbocycles. The molecular weight excluding hydrogens is 378 g/mol. The summed E-state index contributed by atoms with van der Waals surface area (Å²) in [7, 11) is 1.62. The molecule has 1 N–H and O–H groups in total. The highest BCUT2D eigenvalue weighted by atomic mass is 32.1. The largest absolute Gasteiger partial charge is 0.491 e. The Morgan fingerprint density at radius 2 is 2.07 bits per heavy atom. The fourth-order valence-electron chi connectivity index (χ4n) is 3.36. The van der Waals surface area contributed by atoms with Crippen molar-refractivity contribution in [2.75, 3.05) is 25.6 Å². The van der Waals surface area contributed by atoms with Crippen molar-refractivity contribution in [1.82, 2.24) is 9.55 Å². The third-order valence-electron chi connectivity index (χ3n) is 4.79. The van der Waals surface area contributed by atoms with Crippen LogP contribution in [0.25, 0.3) is 10.2 Å². The topological polar surface area (TPSA) is 82.4 Å². The molecule has 4 rings (SSSR count). The van der Waals surface area contributed by atoms with E-state index in [0.29, 0.717) is 51.9 Å². The van der Waals surface area contributed by atoms with Gasteiger partial charge in [-0.25, -0.2) is 4.98 Å². The summed E-state index contributed by atoms with van der Waals surface area (Å²) in [4.78, 5) is 31.3. The number of aryl methyl sites for hydroxylation is 2. The van der Waals surface area contributed by atoms with E-state index in [-0.39, 0.29) is 11.5 Å². The lowest BCUT2D eigenvalue weighted by Crippen LogP contribution is -2.20. The number of aromatic nitrogens is 2. The zero-order chi connectivity index (χ0) is 19.7. The first kappa shape index (κ1) is 18.6. The van der Waals surface area contributed by atoms with Crippen molar-refractivity contribution in [3.05, 3.63) is 50.9 Å². The molecule has 1 amide bonds. The second-order valence-corrected chi connectivity index (χ2v) is 7.64. The van der Waals surface area contributed by atoms with Crippen LogP contribution in [0.15, 0.2) is 29.1 Å². The van der Waals surface area contributed by atoms with Crippen LogP contribution in [0.2, 0.25) is 0 Å². The monoisotopic (exact) mass is 399 g/mol. The molecule has 1 aromatic carbocycles. The fraction of sp³-hybridized carbons (Fsp3) is 0.350. The highest BCUT2D eigenvalue weighted by molar-refractivity contribution is 7.20. The Bertz CT molecular complexity index is 1090. The maximum Gasteiger partial charge on any atom is 0.266 e. The van der Waals surface area contributed by atoms with Crippen LogP contribution < -0.4 is 15.6 Å². The van der Waals surface area contributed by atoms with Crippen molar-refractivity contribution < 1.29 is 14.3 Å². The second-order valence-electron chi connectivity index (χ2n) is 6.64. The smallest absolute Gasteiger partial charge is 0.266 e. The van der Waals surface area contributed by atoms with Crippen LogP contribution in [0.3, 0.4) is 0 Å². The molecule has 0 radical (unpaired) electrons. The quantitative estimate of drug-likeness (QED) is 0.645. The maximum absolute atomic E-state index is 12.8. The summed E-state index contributed by atoms with van der Waals surface area (Å²) in [6.07, 6.45) is 1.75. The summed E-state index contributed by atoms with van der Waals surface area (Å²) in [6, 6.07) is 7.15. The van der Waals surface area contributed by atoms with Crippen molar-refractivity contribution in [1.29, 1.82) is 0 Å². The fourth-order valence-corrected chi connectivity index (χ4v) is 4.44. The predicted molar refractivity (Wildman–Crippen MR) is 109 cm³/mol. The first-order valence-electron chi connectivity index (χ1n) is 9.14. The lowest BCUT2D eigenvalue weighted by Gasteiger charge is -2.08. The van der Waals surface area contributed by atoms with Gasteiger partial charge in [-0.1, -0.05) is 0 Å². The number of amides is 1. The van der Waals surface area contributed by atoms with E-state index in [1.807, 2.05) is 6.92 Å². The van der Waals surface area contributed by atoms with E-state index in [9.17, 15) is 9.59 Å². The Morgan fingerprint density at radius 3 is 2.82 bits per heavy atom. The summed E-state index contributed by atoms with van der Waals surface area (Å²) in [5, 5.41) is 3.44. The van der Waals surface area contributed by atoms with Crippen LogP contribution in [0.5, 0.6) is 5.75 Å². The number of carbonyl (C=O) groups is 1. The molecule has 0 saturated heterocycles. The molecule has 0 atom stereocenters. The molecular formula is C20H21N3O4S. The molecule has 2 aromatic heterocycles. The Morgan fingerprint density at radius 1 is 1.29 bits per heavy atom. The number of thiophene rings is 1.